The summed E-state index contributed by atoms with van der Waals surface area (Å²) in [4.78, 5) is 11.7. The summed E-state index contributed by atoms with van der Waals surface area (Å²) in [5.74, 6) is 2.82. The van der Waals surface area contributed by atoms with Crippen molar-refractivity contribution >= 4 is 5.91 Å². The first kappa shape index (κ1) is 10.1. The Labute approximate surface area is 80.1 Å². The number of piperidine rings is 1. The van der Waals surface area contributed by atoms with Crippen LogP contribution in [0.15, 0.2) is 0 Å². The fourth-order valence-corrected chi connectivity index (χ4v) is 1.99. The van der Waals surface area contributed by atoms with Crippen LogP contribution in [0, 0.1) is 17.8 Å². The SMILES string of the molecule is C#CCCC1(CC)CCCNC1=O. The molecule has 1 unspecified atom stereocenters. The second kappa shape index (κ2) is 4.32. The van der Waals surface area contributed by atoms with E-state index in [4.69, 9.17) is 6.42 Å². The molecular weight excluding hydrogens is 162 g/mol. The predicted octanol–water partition coefficient (Wildman–Crippen LogP) is 1.71. The zero-order chi connectivity index (χ0) is 9.73. The lowest BCUT2D eigenvalue weighted by Crippen LogP contribution is -2.45. The van der Waals surface area contributed by atoms with Gasteiger partial charge in [0.15, 0.2) is 0 Å². The van der Waals surface area contributed by atoms with Gasteiger partial charge >= 0.3 is 0 Å². The molecule has 0 aliphatic carbocycles. The van der Waals surface area contributed by atoms with Crippen molar-refractivity contribution in [3.63, 3.8) is 0 Å². The smallest absolute Gasteiger partial charge is 0.226 e. The number of rotatable bonds is 3. The Bertz CT molecular complexity index is 229. The Hall–Kier alpha value is -0.970. The maximum atomic E-state index is 11.7. The topological polar surface area (TPSA) is 29.1 Å². The van der Waals surface area contributed by atoms with Gasteiger partial charge in [-0.15, -0.1) is 12.3 Å². The highest BCUT2D eigenvalue weighted by Crippen LogP contribution is 2.35. The minimum atomic E-state index is -0.162. The van der Waals surface area contributed by atoms with Crippen LogP contribution in [0.5, 0.6) is 0 Å². The van der Waals surface area contributed by atoms with Crippen LogP contribution in [0.25, 0.3) is 0 Å². The van der Waals surface area contributed by atoms with Crippen LogP contribution in [0.4, 0.5) is 0 Å². The molecule has 0 bridgehead atoms. The molecule has 2 heteroatoms. The van der Waals surface area contributed by atoms with Gasteiger partial charge in [-0.25, -0.2) is 0 Å². The molecule has 0 spiro atoms. The van der Waals surface area contributed by atoms with E-state index in [0.717, 1.165) is 32.2 Å². The third-order valence-corrected chi connectivity index (χ3v) is 3.02. The number of terminal acetylenes is 1. The fourth-order valence-electron chi connectivity index (χ4n) is 1.99. The van der Waals surface area contributed by atoms with Crippen molar-refractivity contribution in [3.8, 4) is 12.3 Å². The van der Waals surface area contributed by atoms with E-state index in [0.29, 0.717) is 6.42 Å². The molecule has 0 aromatic carbocycles. The van der Waals surface area contributed by atoms with E-state index in [1.165, 1.54) is 0 Å². The van der Waals surface area contributed by atoms with Crippen LogP contribution in [0.1, 0.15) is 39.0 Å². The Morgan fingerprint density at radius 3 is 3.00 bits per heavy atom. The molecule has 0 radical (unpaired) electrons. The molecule has 1 fully saturated rings. The van der Waals surface area contributed by atoms with Crippen molar-refractivity contribution in [2.24, 2.45) is 5.41 Å². The van der Waals surface area contributed by atoms with Gasteiger partial charge in [0.1, 0.15) is 0 Å². The molecule has 0 saturated carbocycles. The van der Waals surface area contributed by atoms with Gasteiger partial charge in [-0.2, -0.15) is 0 Å². The monoisotopic (exact) mass is 179 g/mol. The summed E-state index contributed by atoms with van der Waals surface area (Å²) in [6.45, 7) is 2.90. The molecule has 1 saturated heterocycles. The largest absolute Gasteiger partial charge is 0.356 e. The summed E-state index contributed by atoms with van der Waals surface area (Å²) in [5.41, 5.74) is -0.162. The molecule has 1 heterocycles. The number of hydrogen-bond donors (Lipinski definition) is 1. The van der Waals surface area contributed by atoms with Crippen LogP contribution in [0.2, 0.25) is 0 Å². The standard InChI is InChI=1S/C11H17NO/c1-3-5-7-11(4-2)8-6-9-12-10(11)13/h1H,4-9H2,2H3,(H,12,13). The van der Waals surface area contributed by atoms with Crippen LogP contribution in [-0.4, -0.2) is 12.5 Å². The van der Waals surface area contributed by atoms with E-state index < -0.39 is 0 Å². The van der Waals surface area contributed by atoms with Gasteiger partial charge in [0, 0.05) is 18.4 Å². The number of amides is 1. The van der Waals surface area contributed by atoms with Crippen molar-refractivity contribution in [1.29, 1.82) is 0 Å². The van der Waals surface area contributed by atoms with Gasteiger partial charge in [0.2, 0.25) is 5.91 Å². The number of nitrogens with one attached hydrogen (secondary N) is 1. The van der Waals surface area contributed by atoms with E-state index in [-0.39, 0.29) is 11.3 Å². The molecule has 1 aliphatic rings. The maximum absolute atomic E-state index is 11.7. The Morgan fingerprint density at radius 1 is 1.69 bits per heavy atom. The fraction of sp³-hybridized carbons (Fsp3) is 0.727. The van der Waals surface area contributed by atoms with Gasteiger partial charge < -0.3 is 5.32 Å². The van der Waals surface area contributed by atoms with Crippen LogP contribution >= 0.6 is 0 Å². The van der Waals surface area contributed by atoms with E-state index in [2.05, 4.69) is 18.2 Å². The maximum Gasteiger partial charge on any atom is 0.226 e. The molecule has 0 aromatic heterocycles. The average Bonchev–Trinajstić information content (AvgIpc) is 2.17. The zero-order valence-corrected chi connectivity index (χ0v) is 8.23. The molecule has 1 N–H and O–H groups in total. The summed E-state index contributed by atoms with van der Waals surface area (Å²) in [7, 11) is 0. The van der Waals surface area contributed by atoms with Crippen LogP contribution < -0.4 is 5.32 Å². The predicted molar refractivity (Wildman–Crippen MR) is 53.0 cm³/mol. The lowest BCUT2D eigenvalue weighted by atomic mass is 9.74. The molecule has 1 atom stereocenters. The summed E-state index contributed by atoms with van der Waals surface area (Å²) in [6.07, 6.45) is 9.76. The molecule has 1 aliphatic heterocycles. The number of carbonyl (C=O) groups excluding carboxylic acids is 1. The number of carbonyl (C=O) groups is 1. The van der Waals surface area contributed by atoms with Crippen molar-refractivity contribution < 1.29 is 4.79 Å². The summed E-state index contributed by atoms with van der Waals surface area (Å²) < 4.78 is 0. The number of hydrogen-bond acceptors (Lipinski definition) is 1. The second-order valence-corrected chi connectivity index (χ2v) is 3.70. The van der Waals surface area contributed by atoms with Crippen LogP contribution in [-0.2, 0) is 4.79 Å². The van der Waals surface area contributed by atoms with Gasteiger partial charge in [0.05, 0.1) is 0 Å². The van der Waals surface area contributed by atoms with E-state index in [9.17, 15) is 4.79 Å². The Morgan fingerprint density at radius 2 is 2.46 bits per heavy atom. The molecule has 1 amide bonds. The van der Waals surface area contributed by atoms with Gasteiger partial charge in [-0.1, -0.05) is 6.92 Å². The van der Waals surface area contributed by atoms with Gasteiger partial charge in [-0.3, -0.25) is 4.79 Å². The summed E-state index contributed by atoms with van der Waals surface area (Å²) >= 11 is 0. The second-order valence-electron chi connectivity index (χ2n) is 3.70. The van der Waals surface area contributed by atoms with Crippen molar-refractivity contribution in [3.05, 3.63) is 0 Å². The molecule has 0 aromatic rings. The van der Waals surface area contributed by atoms with Crippen molar-refractivity contribution in [1.82, 2.24) is 5.32 Å². The Balaban J connectivity index is 2.65. The first-order valence-corrected chi connectivity index (χ1v) is 4.97. The molecule has 72 valence electrons. The molecule has 2 nitrogen and oxygen atoms in total. The highest BCUT2D eigenvalue weighted by atomic mass is 16.2. The Kier molecular flexibility index (Phi) is 3.36. The average molecular weight is 179 g/mol. The van der Waals surface area contributed by atoms with Crippen molar-refractivity contribution in [2.75, 3.05) is 6.54 Å². The molecule has 1 rings (SSSR count). The molecule has 13 heavy (non-hydrogen) atoms. The van der Waals surface area contributed by atoms with Gasteiger partial charge in [0.25, 0.3) is 0 Å². The van der Waals surface area contributed by atoms with E-state index >= 15 is 0 Å². The van der Waals surface area contributed by atoms with Crippen molar-refractivity contribution in [2.45, 2.75) is 39.0 Å². The first-order chi connectivity index (χ1) is 6.25. The van der Waals surface area contributed by atoms with Crippen LogP contribution in [0.3, 0.4) is 0 Å². The minimum Gasteiger partial charge on any atom is -0.356 e. The lowest BCUT2D eigenvalue weighted by molar-refractivity contribution is -0.134. The normalized spacial score (nSPS) is 27.8. The van der Waals surface area contributed by atoms with Gasteiger partial charge in [-0.05, 0) is 25.7 Å². The highest BCUT2D eigenvalue weighted by Gasteiger charge is 2.37. The van der Waals surface area contributed by atoms with E-state index in [1.54, 1.807) is 0 Å². The summed E-state index contributed by atoms with van der Waals surface area (Å²) in [5, 5.41) is 2.93. The third-order valence-electron chi connectivity index (χ3n) is 3.02. The quantitative estimate of drug-likeness (QED) is 0.656. The summed E-state index contributed by atoms with van der Waals surface area (Å²) in [6, 6.07) is 0. The highest BCUT2D eigenvalue weighted by molar-refractivity contribution is 5.83. The van der Waals surface area contributed by atoms with E-state index in [1.807, 2.05) is 0 Å². The molecular formula is C11H17NO. The first-order valence-electron chi connectivity index (χ1n) is 4.97. The lowest BCUT2D eigenvalue weighted by Gasteiger charge is -2.34. The minimum absolute atomic E-state index is 0.162. The zero-order valence-electron chi connectivity index (χ0n) is 8.23. The third kappa shape index (κ3) is 2.03.